The van der Waals surface area contributed by atoms with Crippen molar-refractivity contribution in [1.82, 2.24) is 9.03 Å². The van der Waals surface area contributed by atoms with Gasteiger partial charge in [-0.25, -0.2) is 0 Å². The van der Waals surface area contributed by atoms with E-state index in [9.17, 15) is 13.5 Å². The van der Waals surface area contributed by atoms with Crippen molar-refractivity contribution in [2.24, 2.45) is 0 Å². The van der Waals surface area contributed by atoms with Crippen LogP contribution in [0.4, 0.5) is 0 Å². The van der Waals surface area contributed by atoms with Gasteiger partial charge >= 0.3 is 0 Å². The summed E-state index contributed by atoms with van der Waals surface area (Å²) in [5.41, 5.74) is 0. The molecule has 2 N–H and O–H groups in total. The summed E-state index contributed by atoms with van der Waals surface area (Å²) in [5, 5.41) is 9.76. The van der Waals surface area contributed by atoms with Gasteiger partial charge in [-0.1, -0.05) is 12.8 Å². The molecular weight excluding hydrogens is 244 g/mol. The van der Waals surface area contributed by atoms with Gasteiger partial charge in [-0.2, -0.15) is 17.4 Å². The van der Waals surface area contributed by atoms with Gasteiger partial charge in [-0.3, -0.25) is 0 Å². The van der Waals surface area contributed by atoms with Crippen LogP contribution in [-0.2, 0) is 14.9 Å². The molecule has 6 nitrogen and oxygen atoms in total. The fourth-order valence-electron chi connectivity index (χ4n) is 2.30. The average molecular weight is 264 g/mol. The van der Waals surface area contributed by atoms with Crippen molar-refractivity contribution in [1.29, 1.82) is 0 Å². The van der Waals surface area contributed by atoms with E-state index in [-0.39, 0.29) is 6.04 Å². The van der Waals surface area contributed by atoms with Crippen LogP contribution in [0, 0.1) is 0 Å². The van der Waals surface area contributed by atoms with E-state index in [1.165, 1.54) is 4.31 Å². The third-order valence-electron chi connectivity index (χ3n) is 3.34. The highest BCUT2D eigenvalue weighted by Crippen LogP contribution is 2.19. The number of morpholine rings is 1. The molecule has 2 fully saturated rings. The van der Waals surface area contributed by atoms with Crippen molar-refractivity contribution in [2.75, 3.05) is 26.3 Å². The zero-order valence-electron chi connectivity index (χ0n) is 9.84. The van der Waals surface area contributed by atoms with E-state index in [0.717, 1.165) is 12.8 Å². The molecule has 0 unspecified atom stereocenters. The summed E-state index contributed by atoms with van der Waals surface area (Å²) in [6.45, 7) is 1.65. The second-order valence-electron chi connectivity index (χ2n) is 4.59. The number of rotatable bonds is 3. The van der Waals surface area contributed by atoms with E-state index < -0.39 is 16.3 Å². The molecule has 0 aromatic carbocycles. The molecule has 0 radical (unpaired) electrons. The standard InChI is InChI=1S/C10H20N2O4S/c13-10-4-2-1-3-9(10)11-17(14,15)12-5-7-16-8-6-12/h9-11,13H,1-8H2/t9-,10-/m0/s1. The van der Waals surface area contributed by atoms with Crippen LogP contribution in [0.25, 0.3) is 0 Å². The molecule has 0 bridgehead atoms. The molecule has 2 atom stereocenters. The maximum Gasteiger partial charge on any atom is 0.279 e. The molecule has 0 aromatic heterocycles. The zero-order chi connectivity index (χ0) is 12.3. The van der Waals surface area contributed by atoms with Gasteiger partial charge in [-0.15, -0.1) is 0 Å². The van der Waals surface area contributed by atoms with E-state index in [4.69, 9.17) is 4.74 Å². The minimum Gasteiger partial charge on any atom is -0.391 e. The van der Waals surface area contributed by atoms with Gasteiger partial charge in [0.1, 0.15) is 0 Å². The number of hydrogen-bond acceptors (Lipinski definition) is 4. The third kappa shape index (κ3) is 3.38. The van der Waals surface area contributed by atoms with Gasteiger partial charge < -0.3 is 9.84 Å². The highest BCUT2D eigenvalue weighted by molar-refractivity contribution is 7.87. The van der Waals surface area contributed by atoms with Gasteiger partial charge in [-0.05, 0) is 12.8 Å². The van der Waals surface area contributed by atoms with Crippen molar-refractivity contribution in [3.8, 4) is 0 Å². The molecule has 1 aliphatic heterocycles. The molecule has 1 saturated heterocycles. The number of nitrogens with zero attached hydrogens (tertiary/aromatic N) is 1. The monoisotopic (exact) mass is 264 g/mol. The lowest BCUT2D eigenvalue weighted by Crippen LogP contribution is -2.53. The lowest BCUT2D eigenvalue weighted by molar-refractivity contribution is 0.0699. The summed E-state index contributed by atoms with van der Waals surface area (Å²) in [5.74, 6) is 0. The van der Waals surface area contributed by atoms with Crippen molar-refractivity contribution >= 4 is 10.2 Å². The first-order chi connectivity index (χ1) is 8.09. The predicted molar refractivity (Wildman–Crippen MR) is 62.7 cm³/mol. The molecule has 100 valence electrons. The van der Waals surface area contributed by atoms with E-state index >= 15 is 0 Å². The first-order valence-electron chi connectivity index (χ1n) is 6.13. The van der Waals surface area contributed by atoms with Gasteiger partial charge in [0.05, 0.1) is 19.3 Å². The molecule has 7 heteroatoms. The molecule has 1 saturated carbocycles. The molecule has 2 rings (SSSR count). The molecule has 1 aliphatic carbocycles. The van der Waals surface area contributed by atoms with Gasteiger partial charge in [0.25, 0.3) is 10.2 Å². The van der Waals surface area contributed by atoms with Crippen molar-refractivity contribution < 1.29 is 18.3 Å². The second-order valence-corrected chi connectivity index (χ2v) is 6.29. The second kappa shape index (κ2) is 5.62. The molecule has 17 heavy (non-hydrogen) atoms. The third-order valence-corrected chi connectivity index (χ3v) is 4.99. The molecule has 1 heterocycles. The maximum absolute atomic E-state index is 12.0. The Kier molecular flexibility index (Phi) is 4.37. The topological polar surface area (TPSA) is 78.9 Å². The zero-order valence-corrected chi connectivity index (χ0v) is 10.7. The average Bonchev–Trinajstić information content (AvgIpc) is 2.33. The molecular formula is C10H20N2O4S. The van der Waals surface area contributed by atoms with Crippen LogP contribution in [0.1, 0.15) is 25.7 Å². The van der Waals surface area contributed by atoms with Crippen molar-refractivity contribution in [3.05, 3.63) is 0 Å². The summed E-state index contributed by atoms with van der Waals surface area (Å²) in [6.07, 6.45) is 2.77. The first kappa shape index (κ1) is 13.2. The number of ether oxygens (including phenoxy) is 1. The summed E-state index contributed by atoms with van der Waals surface area (Å²) in [7, 11) is -3.47. The molecule has 2 aliphatic rings. The molecule has 0 aromatic rings. The number of nitrogens with one attached hydrogen (secondary N) is 1. The predicted octanol–water partition coefficient (Wildman–Crippen LogP) is -0.544. The fraction of sp³-hybridized carbons (Fsp3) is 1.00. The van der Waals surface area contributed by atoms with Crippen LogP contribution in [0.2, 0.25) is 0 Å². The van der Waals surface area contributed by atoms with E-state index in [0.29, 0.717) is 39.1 Å². The Morgan fingerprint density at radius 2 is 1.82 bits per heavy atom. The van der Waals surface area contributed by atoms with Gasteiger partial charge in [0, 0.05) is 19.1 Å². The van der Waals surface area contributed by atoms with E-state index in [2.05, 4.69) is 4.72 Å². The van der Waals surface area contributed by atoms with Gasteiger partial charge in [0.2, 0.25) is 0 Å². The Labute approximate surface area is 102 Å². The number of hydrogen-bond donors (Lipinski definition) is 2. The van der Waals surface area contributed by atoms with E-state index in [1.54, 1.807) is 0 Å². The Hall–Kier alpha value is -0.210. The number of aliphatic hydroxyl groups excluding tert-OH is 1. The quantitative estimate of drug-likeness (QED) is 0.717. The van der Waals surface area contributed by atoms with Crippen LogP contribution in [0.15, 0.2) is 0 Å². The summed E-state index contributed by atoms with van der Waals surface area (Å²) in [4.78, 5) is 0. The Morgan fingerprint density at radius 3 is 2.47 bits per heavy atom. The lowest BCUT2D eigenvalue weighted by atomic mass is 9.93. The first-order valence-corrected chi connectivity index (χ1v) is 7.57. The minimum absolute atomic E-state index is 0.336. The largest absolute Gasteiger partial charge is 0.391 e. The Morgan fingerprint density at radius 1 is 1.18 bits per heavy atom. The van der Waals surface area contributed by atoms with E-state index in [1.807, 2.05) is 0 Å². The Balaban J connectivity index is 1.95. The van der Waals surface area contributed by atoms with Crippen LogP contribution in [0.5, 0.6) is 0 Å². The highest BCUT2D eigenvalue weighted by Gasteiger charge is 2.31. The maximum atomic E-state index is 12.0. The smallest absolute Gasteiger partial charge is 0.279 e. The lowest BCUT2D eigenvalue weighted by Gasteiger charge is -2.32. The van der Waals surface area contributed by atoms with Crippen LogP contribution in [0.3, 0.4) is 0 Å². The number of aliphatic hydroxyl groups is 1. The van der Waals surface area contributed by atoms with Crippen molar-refractivity contribution in [2.45, 2.75) is 37.8 Å². The van der Waals surface area contributed by atoms with Crippen LogP contribution >= 0.6 is 0 Å². The molecule has 0 spiro atoms. The highest BCUT2D eigenvalue weighted by atomic mass is 32.2. The van der Waals surface area contributed by atoms with Crippen molar-refractivity contribution in [3.63, 3.8) is 0 Å². The molecule has 0 amide bonds. The van der Waals surface area contributed by atoms with Crippen LogP contribution < -0.4 is 4.72 Å². The normalized spacial score (nSPS) is 32.5. The van der Waals surface area contributed by atoms with Gasteiger partial charge in [0.15, 0.2) is 0 Å². The van der Waals surface area contributed by atoms with Crippen LogP contribution in [-0.4, -0.2) is 56.3 Å². The minimum atomic E-state index is -3.47. The SMILES string of the molecule is O=S(=O)(N[C@H]1CCCC[C@@H]1O)N1CCOCC1. The summed E-state index contributed by atoms with van der Waals surface area (Å²) < 4.78 is 33.2. The summed E-state index contributed by atoms with van der Waals surface area (Å²) >= 11 is 0. The summed E-state index contributed by atoms with van der Waals surface area (Å²) in [6, 6.07) is -0.336. The Bertz CT molecular complexity index is 340. The fourth-order valence-corrected chi connectivity index (χ4v) is 3.74.